The summed E-state index contributed by atoms with van der Waals surface area (Å²) in [7, 11) is 1.67. The lowest BCUT2D eigenvalue weighted by Crippen LogP contribution is -2.01. The highest BCUT2D eigenvalue weighted by Crippen LogP contribution is 2.31. The number of aromatic nitrogens is 2. The topological polar surface area (TPSA) is 61.0 Å². The van der Waals surface area contributed by atoms with Gasteiger partial charge in [0.2, 0.25) is 0 Å². The average molecular weight is 257 g/mol. The molecule has 0 aliphatic rings. The van der Waals surface area contributed by atoms with Gasteiger partial charge in [-0.1, -0.05) is 19.9 Å². The molecule has 0 bridgehead atoms. The zero-order valence-electron chi connectivity index (χ0n) is 11.6. The minimum atomic E-state index is 0.405. The number of methoxy groups -OCH3 is 1. The van der Waals surface area contributed by atoms with Crippen molar-refractivity contribution in [2.45, 2.75) is 26.3 Å². The third kappa shape index (κ3) is 2.90. The summed E-state index contributed by atoms with van der Waals surface area (Å²) in [4.78, 5) is 8.40. The quantitative estimate of drug-likeness (QED) is 0.914. The molecule has 0 unspecified atom stereocenters. The van der Waals surface area contributed by atoms with Gasteiger partial charge in [0, 0.05) is 12.1 Å². The molecule has 0 amide bonds. The van der Waals surface area contributed by atoms with Crippen molar-refractivity contribution in [2.24, 2.45) is 5.73 Å². The minimum Gasteiger partial charge on any atom is -0.496 e. The van der Waals surface area contributed by atoms with E-state index in [0.29, 0.717) is 12.5 Å². The van der Waals surface area contributed by atoms with Crippen LogP contribution in [0.4, 0.5) is 0 Å². The fraction of sp³-hybridized carbons (Fsp3) is 0.333. The van der Waals surface area contributed by atoms with E-state index >= 15 is 0 Å². The van der Waals surface area contributed by atoms with Crippen LogP contribution in [0.2, 0.25) is 0 Å². The lowest BCUT2D eigenvalue weighted by atomic mass is 9.99. The SMILES string of the molecule is COc1cc(C(C)C)ccc1-c1cc(CN)ncn1. The first-order valence-electron chi connectivity index (χ1n) is 6.35. The Kier molecular flexibility index (Phi) is 4.12. The first kappa shape index (κ1) is 13.5. The van der Waals surface area contributed by atoms with Gasteiger partial charge in [-0.25, -0.2) is 9.97 Å². The fourth-order valence-corrected chi connectivity index (χ4v) is 1.94. The van der Waals surface area contributed by atoms with E-state index in [1.165, 1.54) is 11.9 Å². The Balaban J connectivity index is 2.49. The van der Waals surface area contributed by atoms with E-state index in [2.05, 4.69) is 35.9 Å². The summed E-state index contributed by atoms with van der Waals surface area (Å²) in [6.45, 7) is 4.72. The summed E-state index contributed by atoms with van der Waals surface area (Å²) in [6, 6.07) is 8.10. The lowest BCUT2D eigenvalue weighted by Gasteiger charge is -2.12. The summed E-state index contributed by atoms with van der Waals surface area (Å²) >= 11 is 0. The van der Waals surface area contributed by atoms with Crippen LogP contribution >= 0.6 is 0 Å². The number of rotatable bonds is 4. The predicted molar refractivity (Wildman–Crippen MR) is 76.0 cm³/mol. The zero-order valence-corrected chi connectivity index (χ0v) is 11.6. The second-order valence-electron chi connectivity index (χ2n) is 4.71. The van der Waals surface area contributed by atoms with Crippen LogP contribution in [0.5, 0.6) is 5.75 Å². The maximum atomic E-state index is 5.61. The Bertz CT molecular complexity index is 567. The molecule has 2 aromatic rings. The predicted octanol–water partition coefficient (Wildman–Crippen LogP) is 2.73. The van der Waals surface area contributed by atoms with E-state index < -0.39 is 0 Å². The second-order valence-corrected chi connectivity index (χ2v) is 4.71. The summed E-state index contributed by atoms with van der Waals surface area (Å²) < 4.78 is 5.47. The number of hydrogen-bond acceptors (Lipinski definition) is 4. The normalized spacial score (nSPS) is 10.8. The van der Waals surface area contributed by atoms with Crippen molar-refractivity contribution in [2.75, 3.05) is 7.11 Å². The van der Waals surface area contributed by atoms with E-state index in [4.69, 9.17) is 10.5 Å². The van der Waals surface area contributed by atoms with Crippen molar-refractivity contribution in [1.82, 2.24) is 9.97 Å². The van der Waals surface area contributed by atoms with Gasteiger partial charge in [0.25, 0.3) is 0 Å². The van der Waals surface area contributed by atoms with Crippen molar-refractivity contribution in [3.05, 3.63) is 41.9 Å². The number of ether oxygens (including phenoxy) is 1. The molecule has 0 radical (unpaired) electrons. The highest BCUT2D eigenvalue weighted by molar-refractivity contribution is 5.68. The molecule has 4 heteroatoms. The van der Waals surface area contributed by atoms with E-state index in [1.807, 2.05) is 12.1 Å². The molecule has 2 rings (SSSR count). The maximum absolute atomic E-state index is 5.61. The van der Waals surface area contributed by atoms with Gasteiger partial charge in [0.15, 0.2) is 0 Å². The third-order valence-corrected chi connectivity index (χ3v) is 3.10. The van der Waals surface area contributed by atoms with Crippen LogP contribution in [0.3, 0.4) is 0 Å². The largest absolute Gasteiger partial charge is 0.496 e. The monoisotopic (exact) mass is 257 g/mol. The Morgan fingerprint density at radius 3 is 2.63 bits per heavy atom. The zero-order chi connectivity index (χ0) is 13.8. The smallest absolute Gasteiger partial charge is 0.128 e. The van der Waals surface area contributed by atoms with Crippen molar-refractivity contribution in [3.8, 4) is 17.0 Å². The summed E-state index contributed by atoms with van der Waals surface area (Å²) in [5, 5.41) is 0. The minimum absolute atomic E-state index is 0.405. The Morgan fingerprint density at radius 1 is 1.21 bits per heavy atom. The van der Waals surface area contributed by atoms with Gasteiger partial charge in [-0.3, -0.25) is 0 Å². The van der Waals surface area contributed by atoms with Crippen molar-refractivity contribution in [1.29, 1.82) is 0 Å². The van der Waals surface area contributed by atoms with E-state index in [1.54, 1.807) is 7.11 Å². The average Bonchev–Trinajstić information content (AvgIpc) is 2.46. The van der Waals surface area contributed by atoms with E-state index in [9.17, 15) is 0 Å². The van der Waals surface area contributed by atoms with Gasteiger partial charge in [-0.2, -0.15) is 0 Å². The van der Waals surface area contributed by atoms with Gasteiger partial charge in [0.1, 0.15) is 12.1 Å². The summed E-state index contributed by atoms with van der Waals surface area (Å²) in [5.41, 5.74) is 9.47. The van der Waals surface area contributed by atoms with Crippen LogP contribution in [0.25, 0.3) is 11.3 Å². The molecular formula is C15H19N3O. The van der Waals surface area contributed by atoms with Crippen LogP contribution in [-0.4, -0.2) is 17.1 Å². The highest BCUT2D eigenvalue weighted by Gasteiger charge is 2.10. The molecule has 0 aliphatic carbocycles. The standard InChI is InChI=1S/C15H19N3O/c1-10(2)11-4-5-13(15(6-11)19-3)14-7-12(8-16)17-9-18-14/h4-7,9-10H,8,16H2,1-3H3. The molecule has 0 fully saturated rings. The van der Waals surface area contributed by atoms with Crippen molar-refractivity contribution >= 4 is 0 Å². The van der Waals surface area contributed by atoms with Crippen LogP contribution in [0.15, 0.2) is 30.6 Å². The van der Waals surface area contributed by atoms with Crippen LogP contribution in [-0.2, 0) is 6.54 Å². The number of nitrogens with zero attached hydrogens (tertiary/aromatic N) is 2. The number of hydrogen-bond donors (Lipinski definition) is 1. The van der Waals surface area contributed by atoms with Gasteiger partial charge >= 0.3 is 0 Å². The Morgan fingerprint density at radius 2 is 2.00 bits per heavy atom. The van der Waals surface area contributed by atoms with Crippen LogP contribution in [0.1, 0.15) is 31.0 Å². The van der Waals surface area contributed by atoms with Gasteiger partial charge < -0.3 is 10.5 Å². The molecule has 0 spiro atoms. The molecular weight excluding hydrogens is 238 g/mol. The molecule has 19 heavy (non-hydrogen) atoms. The van der Waals surface area contributed by atoms with Gasteiger partial charge in [-0.15, -0.1) is 0 Å². The summed E-state index contributed by atoms with van der Waals surface area (Å²) in [6.07, 6.45) is 1.54. The van der Waals surface area contributed by atoms with Gasteiger partial charge in [0.05, 0.1) is 18.5 Å². The fourth-order valence-electron chi connectivity index (χ4n) is 1.94. The van der Waals surface area contributed by atoms with Gasteiger partial charge in [-0.05, 0) is 29.7 Å². The highest BCUT2D eigenvalue weighted by atomic mass is 16.5. The number of benzene rings is 1. The Labute approximate surface area is 113 Å². The third-order valence-electron chi connectivity index (χ3n) is 3.10. The molecule has 2 N–H and O–H groups in total. The number of nitrogens with two attached hydrogens (primary N) is 1. The Hall–Kier alpha value is -1.94. The molecule has 0 saturated carbocycles. The lowest BCUT2D eigenvalue weighted by molar-refractivity contribution is 0.415. The molecule has 1 aromatic carbocycles. The molecule has 1 heterocycles. The van der Waals surface area contributed by atoms with Crippen molar-refractivity contribution in [3.63, 3.8) is 0 Å². The van der Waals surface area contributed by atoms with Crippen molar-refractivity contribution < 1.29 is 4.74 Å². The molecule has 0 atom stereocenters. The molecule has 1 aromatic heterocycles. The molecule has 0 aliphatic heterocycles. The van der Waals surface area contributed by atoms with Crippen LogP contribution in [0, 0.1) is 0 Å². The maximum Gasteiger partial charge on any atom is 0.128 e. The van der Waals surface area contributed by atoms with E-state index in [-0.39, 0.29) is 0 Å². The molecule has 100 valence electrons. The summed E-state index contributed by atoms with van der Waals surface area (Å²) in [5.74, 6) is 1.29. The van der Waals surface area contributed by atoms with Crippen LogP contribution < -0.4 is 10.5 Å². The molecule has 4 nitrogen and oxygen atoms in total. The second kappa shape index (κ2) is 5.80. The first-order valence-corrected chi connectivity index (χ1v) is 6.35. The first-order chi connectivity index (χ1) is 9.15. The molecule has 0 saturated heterocycles. The van der Waals surface area contributed by atoms with E-state index in [0.717, 1.165) is 22.7 Å².